The van der Waals surface area contributed by atoms with Gasteiger partial charge in [0.2, 0.25) is 11.8 Å². The van der Waals surface area contributed by atoms with Crippen LogP contribution in [0.4, 0.5) is 0 Å². The van der Waals surface area contributed by atoms with Gasteiger partial charge in [0.05, 0.1) is 22.9 Å². The second kappa shape index (κ2) is 7.67. The smallest absolute Gasteiger partial charge is 0.274 e. The van der Waals surface area contributed by atoms with Crippen LogP contribution in [0, 0.1) is 0 Å². The fourth-order valence-electron chi connectivity index (χ4n) is 4.51. The van der Waals surface area contributed by atoms with E-state index in [2.05, 4.69) is 10.5 Å². The first-order chi connectivity index (χ1) is 15.9. The molecule has 0 fully saturated rings. The molecule has 0 aromatic heterocycles. The van der Waals surface area contributed by atoms with Gasteiger partial charge in [-0.25, -0.2) is 5.01 Å². The zero-order chi connectivity index (χ0) is 23.3. The molecule has 33 heavy (non-hydrogen) atoms. The van der Waals surface area contributed by atoms with Crippen LogP contribution in [0.25, 0.3) is 10.8 Å². The lowest BCUT2D eigenvalue weighted by Crippen LogP contribution is -2.51. The van der Waals surface area contributed by atoms with Gasteiger partial charge in [-0.1, -0.05) is 48.5 Å². The number of carbonyl (C=O) groups excluding carboxylic acids is 4. The minimum atomic E-state index is -0.591. The molecule has 0 saturated heterocycles. The molecule has 164 valence electrons. The first-order valence-electron chi connectivity index (χ1n) is 10.5. The molecule has 3 aromatic carbocycles. The number of hydrogen-bond acceptors (Lipinski definition) is 5. The molecule has 0 radical (unpaired) electrons. The van der Waals surface area contributed by atoms with E-state index in [4.69, 9.17) is 0 Å². The molecule has 2 aliphatic rings. The molecule has 4 amide bonds. The lowest BCUT2D eigenvalue weighted by molar-refractivity contribution is -0.130. The van der Waals surface area contributed by atoms with Crippen LogP contribution in [0.1, 0.15) is 58.2 Å². The number of nitrogens with one attached hydrogen (secondary N) is 1. The third kappa shape index (κ3) is 3.27. The number of amides is 4. The molecular formula is C25H20N4O4. The quantitative estimate of drug-likeness (QED) is 0.633. The highest BCUT2D eigenvalue weighted by molar-refractivity contribution is 6.28. The largest absolute Gasteiger partial charge is 0.280 e. The third-order valence-electron chi connectivity index (χ3n) is 5.91. The minimum Gasteiger partial charge on any atom is -0.274 e. The number of hydrogen-bond donors (Lipinski definition) is 1. The summed E-state index contributed by atoms with van der Waals surface area (Å²) in [5, 5.41) is 8.07. The molecule has 1 atom stereocenters. The maximum atomic E-state index is 13.0. The zero-order valence-corrected chi connectivity index (χ0v) is 18.0. The van der Waals surface area contributed by atoms with E-state index < -0.39 is 17.7 Å². The Hall–Kier alpha value is -4.33. The van der Waals surface area contributed by atoms with Gasteiger partial charge >= 0.3 is 0 Å². The molecule has 2 aliphatic heterocycles. The fraction of sp³-hybridized carbons (Fsp3) is 0.160. The number of benzene rings is 3. The van der Waals surface area contributed by atoms with E-state index in [1.165, 1.54) is 18.9 Å². The first kappa shape index (κ1) is 20.6. The lowest BCUT2D eigenvalue weighted by Gasteiger charge is -2.27. The Balaban J connectivity index is 1.63. The number of hydrazine groups is 1. The maximum absolute atomic E-state index is 13.0. The molecule has 0 bridgehead atoms. The van der Waals surface area contributed by atoms with E-state index in [-0.39, 0.29) is 11.9 Å². The number of imide groups is 1. The van der Waals surface area contributed by atoms with Crippen LogP contribution in [0.15, 0.2) is 65.8 Å². The van der Waals surface area contributed by atoms with E-state index in [1.807, 2.05) is 36.4 Å². The molecule has 3 aromatic rings. The summed E-state index contributed by atoms with van der Waals surface area (Å²) in [6.07, 6.45) is 0.502. The molecular weight excluding hydrogens is 420 g/mol. The molecule has 1 N–H and O–H groups in total. The van der Waals surface area contributed by atoms with E-state index in [1.54, 1.807) is 24.3 Å². The predicted octanol–water partition coefficient (Wildman–Crippen LogP) is 3.18. The first-order valence-corrected chi connectivity index (χ1v) is 10.5. The highest BCUT2D eigenvalue weighted by Gasteiger charge is 2.36. The van der Waals surface area contributed by atoms with Crippen LogP contribution < -0.4 is 5.43 Å². The van der Waals surface area contributed by atoms with Gasteiger partial charge in [-0.05, 0) is 23.1 Å². The van der Waals surface area contributed by atoms with Crippen LogP contribution in [0.5, 0.6) is 0 Å². The van der Waals surface area contributed by atoms with E-state index in [0.29, 0.717) is 34.0 Å². The molecule has 8 nitrogen and oxygen atoms in total. The molecule has 5 rings (SSSR count). The van der Waals surface area contributed by atoms with Crippen molar-refractivity contribution < 1.29 is 19.2 Å². The van der Waals surface area contributed by atoms with Gasteiger partial charge in [0, 0.05) is 31.2 Å². The Labute approximate surface area is 189 Å². The standard InChI is InChI=1S/C25H20N4O4/c1-14(30)26-29-24(32)19-10-6-9-18-17(11-12-20(23(18)19)25(29)33)21-13-22(28(27-21)15(2)31)16-7-4-3-5-8-16/h3-12,22H,13H2,1-2H3,(H,26,30). The van der Waals surface area contributed by atoms with Crippen LogP contribution in [0.2, 0.25) is 0 Å². The van der Waals surface area contributed by atoms with Crippen molar-refractivity contribution in [3.05, 3.63) is 82.9 Å². The monoisotopic (exact) mass is 440 g/mol. The highest BCUT2D eigenvalue weighted by atomic mass is 16.2. The van der Waals surface area contributed by atoms with E-state index in [0.717, 1.165) is 16.1 Å². The third-order valence-corrected chi connectivity index (χ3v) is 5.91. The summed E-state index contributed by atoms with van der Waals surface area (Å²) in [5.74, 6) is -1.86. The van der Waals surface area contributed by atoms with Crippen LogP contribution >= 0.6 is 0 Å². The van der Waals surface area contributed by atoms with Crippen molar-refractivity contribution in [3.63, 3.8) is 0 Å². The predicted molar refractivity (Wildman–Crippen MR) is 121 cm³/mol. The van der Waals surface area contributed by atoms with Crippen molar-refractivity contribution in [1.29, 1.82) is 0 Å². The Kier molecular flexibility index (Phi) is 4.78. The summed E-state index contributed by atoms with van der Waals surface area (Å²) in [4.78, 5) is 49.8. The van der Waals surface area contributed by atoms with Gasteiger partial charge in [0.25, 0.3) is 11.8 Å². The SMILES string of the molecule is CC(=O)NN1C(=O)c2cccc3c(C4=NN(C(C)=O)C(c5ccccc5)C4)ccc(c23)C1=O. The molecule has 0 saturated carbocycles. The molecule has 8 heteroatoms. The van der Waals surface area contributed by atoms with Crippen LogP contribution in [0.3, 0.4) is 0 Å². The van der Waals surface area contributed by atoms with Crippen LogP contribution in [-0.2, 0) is 9.59 Å². The average molecular weight is 440 g/mol. The highest BCUT2D eigenvalue weighted by Crippen LogP contribution is 2.37. The number of hydrazone groups is 1. The van der Waals surface area contributed by atoms with Crippen LogP contribution in [-0.4, -0.2) is 39.4 Å². The van der Waals surface area contributed by atoms with E-state index in [9.17, 15) is 19.2 Å². The van der Waals surface area contributed by atoms with Gasteiger partial charge in [-0.15, -0.1) is 0 Å². The second-order valence-electron chi connectivity index (χ2n) is 8.04. The fourth-order valence-corrected chi connectivity index (χ4v) is 4.51. The Bertz CT molecular complexity index is 1360. The number of rotatable bonds is 3. The summed E-state index contributed by atoms with van der Waals surface area (Å²) in [7, 11) is 0. The minimum absolute atomic E-state index is 0.169. The molecule has 0 aliphatic carbocycles. The summed E-state index contributed by atoms with van der Waals surface area (Å²) in [5.41, 5.74) is 5.38. The average Bonchev–Trinajstić information content (AvgIpc) is 3.26. The van der Waals surface area contributed by atoms with Gasteiger partial charge in [-0.2, -0.15) is 10.1 Å². The van der Waals surface area contributed by atoms with Gasteiger partial charge in [0.1, 0.15) is 0 Å². The molecule has 1 unspecified atom stereocenters. The molecule has 2 heterocycles. The van der Waals surface area contributed by atoms with Crippen molar-refractivity contribution in [2.75, 3.05) is 0 Å². The Morgan fingerprint density at radius 3 is 2.21 bits per heavy atom. The van der Waals surface area contributed by atoms with Crippen molar-refractivity contribution >= 4 is 40.1 Å². The normalized spacial score (nSPS) is 17.4. The van der Waals surface area contributed by atoms with Gasteiger partial charge in [0.15, 0.2) is 0 Å². The summed E-state index contributed by atoms with van der Waals surface area (Å²) in [6, 6.07) is 18.1. The summed E-state index contributed by atoms with van der Waals surface area (Å²) < 4.78 is 0. The topological polar surface area (TPSA) is 99.2 Å². The number of nitrogens with zero attached hydrogens (tertiary/aromatic N) is 3. The van der Waals surface area contributed by atoms with Crippen molar-refractivity contribution in [2.24, 2.45) is 5.10 Å². The summed E-state index contributed by atoms with van der Waals surface area (Å²) in [6.45, 7) is 2.72. The van der Waals surface area contributed by atoms with Gasteiger partial charge in [-0.3, -0.25) is 24.6 Å². The molecule has 0 spiro atoms. The van der Waals surface area contributed by atoms with Gasteiger partial charge < -0.3 is 0 Å². The maximum Gasteiger partial charge on any atom is 0.280 e. The number of carbonyl (C=O) groups is 4. The Morgan fingerprint density at radius 1 is 0.879 bits per heavy atom. The van der Waals surface area contributed by atoms with E-state index >= 15 is 0 Å². The van der Waals surface area contributed by atoms with Crippen molar-refractivity contribution in [1.82, 2.24) is 15.4 Å². The van der Waals surface area contributed by atoms with Crippen molar-refractivity contribution in [2.45, 2.75) is 26.3 Å². The zero-order valence-electron chi connectivity index (χ0n) is 18.0. The lowest BCUT2D eigenvalue weighted by atomic mass is 9.89. The Morgan fingerprint density at radius 2 is 1.55 bits per heavy atom. The second-order valence-corrected chi connectivity index (χ2v) is 8.04. The summed E-state index contributed by atoms with van der Waals surface area (Å²) >= 11 is 0. The van der Waals surface area contributed by atoms with Crippen molar-refractivity contribution in [3.8, 4) is 0 Å².